The first-order chi connectivity index (χ1) is 7.63. The van der Waals surface area contributed by atoms with Crippen molar-refractivity contribution in [1.82, 2.24) is 0 Å². The molecule has 0 heterocycles. The average Bonchev–Trinajstić information content (AvgIpc) is 2.27. The lowest BCUT2D eigenvalue weighted by Gasteiger charge is -1.98. The van der Waals surface area contributed by atoms with Crippen LogP contribution in [0.3, 0.4) is 0 Å². The Bertz CT molecular complexity index is 408. The topological polar surface area (TPSA) is 76.2 Å². The molecule has 0 bridgehead atoms. The van der Waals surface area contributed by atoms with Gasteiger partial charge in [-0.3, -0.25) is 5.41 Å². The van der Waals surface area contributed by atoms with Crippen molar-refractivity contribution in [2.24, 2.45) is 5.73 Å². The van der Waals surface area contributed by atoms with Crippen LogP contribution in [0.2, 0.25) is 0 Å². The van der Waals surface area contributed by atoms with Gasteiger partial charge in [-0.25, -0.2) is 4.79 Å². The minimum absolute atomic E-state index is 0.0286. The van der Waals surface area contributed by atoms with E-state index in [-0.39, 0.29) is 11.8 Å². The minimum atomic E-state index is -0.363. The Labute approximate surface area is 94.2 Å². The molecule has 4 heteroatoms. The summed E-state index contributed by atoms with van der Waals surface area (Å²) in [4.78, 5) is 11.0. The van der Waals surface area contributed by atoms with Crippen molar-refractivity contribution >= 4 is 17.9 Å². The second-order valence-corrected chi connectivity index (χ2v) is 3.12. The van der Waals surface area contributed by atoms with Gasteiger partial charge in [-0.2, -0.15) is 0 Å². The van der Waals surface area contributed by atoms with E-state index in [0.717, 1.165) is 5.56 Å². The fourth-order valence-corrected chi connectivity index (χ4v) is 1.13. The van der Waals surface area contributed by atoms with Crippen LogP contribution in [-0.4, -0.2) is 18.4 Å². The fourth-order valence-electron chi connectivity index (χ4n) is 1.13. The Kier molecular flexibility index (Phi) is 4.27. The Morgan fingerprint density at radius 2 is 2.06 bits per heavy atom. The first-order valence-corrected chi connectivity index (χ1v) is 4.92. The molecule has 1 aromatic carbocycles. The highest BCUT2D eigenvalue weighted by atomic mass is 16.5. The normalized spacial score (nSPS) is 10.3. The molecule has 0 atom stereocenters. The highest BCUT2D eigenvalue weighted by Crippen LogP contribution is 2.05. The van der Waals surface area contributed by atoms with Gasteiger partial charge >= 0.3 is 5.97 Å². The Morgan fingerprint density at radius 3 is 2.56 bits per heavy atom. The van der Waals surface area contributed by atoms with E-state index in [4.69, 9.17) is 15.9 Å². The van der Waals surface area contributed by atoms with Gasteiger partial charge in [-0.15, -0.1) is 0 Å². The number of benzene rings is 1. The number of ether oxygens (including phenoxy) is 1. The maximum atomic E-state index is 11.0. The largest absolute Gasteiger partial charge is 0.463 e. The van der Waals surface area contributed by atoms with Crippen LogP contribution < -0.4 is 5.73 Å². The second kappa shape index (κ2) is 5.70. The van der Waals surface area contributed by atoms with Gasteiger partial charge in [0.2, 0.25) is 0 Å². The molecule has 1 rings (SSSR count). The highest BCUT2D eigenvalue weighted by molar-refractivity contribution is 5.95. The van der Waals surface area contributed by atoms with Crippen LogP contribution in [0, 0.1) is 5.41 Å². The lowest BCUT2D eigenvalue weighted by Crippen LogP contribution is -2.10. The summed E-state index contributed by atoms with van der Waals surface area (Å²) in [5.41, 5.74) is 6.84. The fraction of sp³-hybridized carbons (Fsp3) is 0.167. The first-order valence-electron chi connectivity index (χ1n) is 4.92. The van der Waals surface area contributed by atoms with E-state index >= 15 is 0 Å². The third-order valence-corrected chi connectivity index (χ3v) is 1.92. The van der Waals surface area contributed by atoms with Crippen molar-refractivity contribution in [3.63, 3.8) is 0 Å². The molecule has 0 aromatic heterocycles. The summed E-state index contributed by atoms with van der Waals surface area (Å²) < 4.78 is 4.75. The molecule has 84 valence electrons. The van der Waals surface area contributed by atoms with E-state index in [2.05, 4.69) is 0 Å². The zero-order valence-corrected chi connectivity index (χ0v) is 9.07. The molecular formula is C12H14N2O2. The SMILES string of the molecule is CCOC(=O)/C=C/c1ccc(C(=N)N)cc1. The van der Waals surface area contributed by atoms with Crippen LogP contribution >= 0.6 is 0 Å². The van der Waals surface area contributed by atoms with Crippen molar-refractivity contribution in [1.29, 1.82) is 5.41 Å². The first kappa shape index (κ1) is 12.0. The van der Waals surface area contributed by atoms with Gasteiger partial charge in [0.25, 0.3) is 0 Å². The number of hydrogen-bond acceptors (Lipinski definition) is 3. The monoisotopic (exact) mass is 218 g/mol. The molecule has 0 fully saturated rings. The summed E-state index contributed by atoms with van der Waals surface area (Å²) in [6.07, 6.45) is 3.02. The van der Waals surface area contributed by atoms with Crippen LogP contribution in [0.1, 0.15) is 18.1 Å². The van der Waals surface area contributed by atoms with Gasteiger partial charge in [0.1, 0.15) is 5.84 Å². The molecule has 16 heavy (non-hydrogen) atoms. The van der Waals surface area contributed by atoms with Crippen LogP contribution in [-0.2, 0) is 9.53 Å². The smallest absolute Gasteiger partial charge is 0.330 e. The van der Waals surface area contributed by atoms with E-state index < -0.39 is 0 Å². The average molecular weight is 218 g/mol. The Hall–Kier alpha value is -2.10. The van der Waals surface area contributed by atoms with Crippen molar-refractivity contribution in [3.05, 3.63) is 41.5 Å². The lowest BCUT2D eigenvalue weighted by atomic mass is 10.1. The van der Waals surface area contributed by atoms with Crippen molar-refractivity contribution in [3.8, 4) is 0 Å². The van der Waals surface area contributed by atoms with Crippen molar-refractivity contribution in [2.45, 2.75) is 6.92 Å². The summed E-state index contributed by atoms with van der Waals surface area (Å²) in [5.74, 6) is -0.334. The summed E-state index contributed by atoms with van der Waals surface area (Å²) >= 11 is 0. The van der Waals surface area contributed by atoms with Gasteiger partial charge in [0.05, 0.1) is 6.61 Å². The number of nitrogens with one attached hydrogen (secondary N) is 1. The second-order valence-electron chi connectivity index (χ2n) is 3.12. The van der Waals surface area contributed by atoms with E-state index in [1.165, 1.54) is 6.08 Å². The quantitative estimate of drug-likeness (QED) is 0.348. The van der Waals surface area contributed by atoms with Gasteiger partial charge in [-0.05, 0) is 18.6 Å². The van der Waals surface area contributed by atoms with Gasteiger partial charge in [-0.1, -0.05) is 24.3 Å². The van der Waals surface area contributed by atoms with Crippen molar-refractivity contribution in [2.75, 3.05) is 6.61 Å². The lowest BCUT2D eigenvalue weighted by molar-refractivity contribution is -0.137. The Morgan fingerprint density at radius 1 is 1.44 bits per heavy atom. The molecule has 0 unspecified atom stereocenters. The molecule has 0 aliphatic rings. The van der Waals surface area contributed by atoms with Crippen LogP contribution in [0.15, 0.2) is 30.3 Å². The molecule has 0 saturated heterocycles. The zero-order chi connectivity index (χ0) is 12.0. The van der Waals surface area contributed by atoms with Gasteiger partial charge < -0.3 is 10.5 Å². The van der Waals surface area contributed by atoms with Gasteiger partial charge in [0, 0.05) is 11.6 Å². The number of hydrogen-bond donors (Lipinski definition) is 2. The molecular weight excluding hydrogens is 204 g/mol. The Balaban J connectivity index is 2.68. The number of carbonyl (C=O) groups excluding carboxylic acids is 1. The molecule has 0 amide bonds. The minimum Gasteiger partial charge on any atom is -0.463 e. The van der Waals surface area contributed by atoms with Crippen LogP contribution in [0.25, 0.3) is 6.08 Å². The van der Waals surface area contributed by atoms with Crippen LogP contribution in [0.4, 0.5) is 0 Å². The van der Waals surface area contributed by atoms with E-state index in [0.29, 0.717) is 12.2 Å². The molecule has 4 nitrogen and oxygen atoms in total. The number of rotatable bonds is 4. The molecule has 0 aliphatic heterocycles. The summed E-state index contributed by atoms with van der Waals surface area (Å²) in [6, 6.07) is 7.03. The standard InChI is InChI=1S/C12H14N2O2/c1-2-16-11(15)8-5-9-3-6-10(7-4-9)12(13)14/h3-8H,2H2,1H3,(H3,13,14)/b8-5+. The number of amidine groups is 1. The maximum Gasteiger partial charge on any atom is 0.330 e. The molecule has 0 spiro atoms. The zero-order valence-electron chi connectivity index (χ0n) is 9.07. The number of esters is 1. The summed E-state index contributed by atoms with van der Waals surface area (Å²) in [7, 11) is 0. The number of carbonyl (C=O) groups is 1. The third-order valence-electron chi connectivity index (χ3n) is 1.92. The number of nitrogen functional groups attached to an aromatic ring is 1. The van der Waals surface area contributed by atoms with E-state index in [1.807, 2.05) is 0 Å². The molecule has 0 radical (unpaired) electrons. The summed E-state index contributed by atoms with van der Waals surface area (Å²) in [5, 5.41) is 7.22. The molecule has 0 saturated carbocycles. The highest BCUT2D eigenvalue weighted by Gasteiger charge is 1.96. The van der Waals surface area contributed by atoms with Crippen LogP contribution in [0.5, 0.6) is 0 Å². The molecule has 3 N–H and O–H groups in total. The predicted molar refractivity (Wildman–Crippen MR) is 63.1 cm³/mol. The molecule has 0 aliphatic carbocycles. The predicted octanol–water partition coefficient (Wildman–Crippen LogP) is 1.55. The van der Waals surface area contributed by atoms with E-state index in [9.17, 15) is 4.79 Å². The summed E-state index contributed by atoms with van der Waals surface area (Å²) in [6.45, 7) is 2.12. The van der Waals surface area contributed by atoms with E-state index in [1.54, 1.807) is 37.3 Å². The van der Waals surface area contributed by atoms with Gasteiger partial charge in [0.15, 0.2) is 0 Å². The van der Waals surface area contributed by atoms with Crippen molar-refractivity contribution < 1.29 is 9.53 Å². The maximum absolute atomic E-state index is 11.0. The third kappa shape index (κ3) is 3.57. The number of nitrogens with two attached hydrogens (primary N) is 1. The molecule has 1 aromatic rings.